The van der Waals surface area contributed by atoms with Gasteiger partial charge in [-0.05, 0) is 24.7 Å². The van der Waals surface area contributed by atoms with Gasteiger partial charge in [-0.1, -0.05) is 52.9 Å². The Labute approximate surface area is 108 Å². The SMILES string of the molecule is CCCCCC(C)(C)CNCC1(N)CCCC1. The molecule has 0 aromatic rings. The van der Waals surface area contributed by atoms with Crippen molar-refractivity contribution in [2.24, 2.45) is 11.1 Å². The van der Waals surface area contributed by atoms with E-state index in [9.17, 15) is 0 Å². The fraction of sp³-hybridized carbons (Fsp3) is 1.00. The van der Waals surface area contributed by atoms with Gasteiger partial charge in [0.2, 0.25) is 0 Å². The normalized spacial score (nSPS) is 19.8. The van der Waals surface area contributed by atoms with E-state index >= 15 is 0 Å². The third-order valence-corrected chi connectivity index (χ3v) is 4.14. The molecule has 0 aromatic heterocycles. The monoisotopic (exact) mass is 240 g/mol. The zero-order valence-electron chi connectivity index (χ0n) is 12.1. The molecule has 0 amide bonds. The fourth-order valence-electron chi connectivity index (χ4n) is 2.85. The highest BCUT2D eigenvalue weighted by Gasteiger charge is 2.29. The predicted molar refractivity (Wildman–Crippen MR) is 76.2 cm³/mol. The number of rotatable bonds is 8. The van der Waals surface area contributed by atoms with Crippen molar-refractivity contribution in [1.29, 1.82) is 0 Å². The lowest BCUT2D eigenvalue weighted by Crippen LogP contribution is -2.48. The maximum atomic E-state index is 6.35. The lowest BCUT2D eigenvalue weighted by Gasteiger charge is -2.29. The molecular weight excluding hydrogens is 208 g/mol. The van der Waals surface area contributed by atoms with Crippen molar-refractivity contribution >= 4 is 0 Å². The topological polar surface area (TPSA) is 38.0 Å². The van der Waals surface area contributed by atoms with Gasteiger partial charge in [0.05, 0.1) is 0 Å². The van der Waals surface area contributed by atoms with Gasteiger partial charge in [-0.3, -0.25) is 0 Å². The van der Waals surface area contributed by atoms with Gasteiger partial charge in [-0.15, -0.1) is 0 Å². The minimum Gasteiger partial charge on any atom is -0.324 e. The van der Waals surface area contributed by atoms with Crippen LogP contribution in [0.2, 0.25) is 0 Å². The molecule has 1 rings (SSSR count). The van der Waals surface area contributed by atoms with Crippen LogP contribution in [-0.4, -0.2) is 18.6 Å². The number of unbranched alkanes of at least 4 members (excludes halogenated alkanes) is 2. The summed E-state index contributed by atoms with van der Waals surface area (Å²) in [4.78, 5) is 0. The van der Waals surface area contributed by atoms with Crippen molar-refractivity contribution in [2.45, 2.75) is 77.7 Å². The Morgan fingerprint density at radius 3 is 2.41 bits per heavy atom. The van der Waals surface area contributed by atoms with E-state index in [0.717, 1.165) is 13.1 Å². The molecular formula is C15H32N2. The predicted octanol–water partition coefficient (Wildman–Crippen LogP) is 3.45. The molecule has 17 heavy (non-hydrogen) atoms. The minimum atomic E-state index is 0.0967. The van der Waals surface area contributed by atoms with E-state index in [1.165, 1.54) is 51.4 Å². The molecule has 1 fully saturated rings. The smallest absolute Gasteiger partial charge is 0.0280 e. The molecule has 0 aromatic carbocycles. The zero-order chi connectivity index (χ0) is 12.8. The van der Waals surface area contributed by atoms with Crippen LogP contribution < -0.4 is 11.1 Å². The molecule has 0 spiro atoms. The zero-order valence-corrected chi connectivity index (χ0v) is 12.1. The van der Waals surface area contributed by atoms with Gasteiger partial charge in [0.25, 0.3) is 0 Å². The van der Waals surface area contributed by atoms with Gasteiger partial charge in [0.15, 0.2) is 0 Å². The second-order valence-corrected chi connectivity index (χ2v) is 6.79. The van der Waals surface area contributed by atoms with E-state index in [1.807, 2.05) is 0 Å². The molecule has 102 valence electrons. The summed E-state index contributed by atoms with van der Waals surface area (Å²) in [5, 5.41) is 3.61. The summed E-state index contributed by atoms with van der Waals surface area (Å²) >= 11 is 0. The van der Waals surface area contributed by atoms with Crippen molar-refractivity contribution in [2.75, 3.05) is 13.1 Å². The van der Waals surface area contributed by atoms with Crippen LogP contribution in [0.15, 0.2) is 0 Å². The molecule has 0 atom stereocenters. The Morgan fingerprint density at radius 2 is 1.82 bits per heavy atom. The van der Waals surface area contributed by atoms with Gasteiger partial charge in [-0.2, -0.15) is 0 Å². The molecule has 3 N–H and O–H groups in total. The number of hydrogen-bond donors (Lipinski definition) is 2. The lowest BCUT2D eigenvalue weighted by molar-refractivity contribution is 0.284. The van der Waals surface area contributed by atoms with Crippen LogP contribution in [0.1, 0.15) is 72.1 Å². The van der Waals surface area contributed by atoms with Crippen molar-refractivity contribution < 1.29 is 0 Å². The van der Waals surface area contributed by atoms with Crippen molar-refractivity contribution in [3.05, 3.63) is 0 Å². The molecule has 2 heteroatoms. The Morgan fingerprint density at radius 1 is 1.18 bits per heavy atom. The number of hydrogen-bond acceptors (Lipinski definition) is 2. The highest BCUT2D eigenvalue weighted by Crippen LogP contribution is 2.27. The van der Waals surface area contributed by atoms with Crippen LogP contribution in [0, 0.1) is 5.41 Å². The molecule has 0 aliphatic heterocycles. The Kier molecular flexibility index (Phi) is 5.94. The van der Waals surface area contributed by atoms with Crippen molar-refractivity contribution in [1.82, 2.24) is 5.32 Å². The van der Waals surface area contributed by atoms with Crippen LogP contribution >= 0.6 is 0 Å². The summed E-state index contributed by atoms with van der Waals surface area (Å²) in [5.41, 5.74) is 6.87. The molecule has 1 saturated carbocycles. The molecule has 0 saturated heterocycles. The first kappa shape index (κ1) is 15.0. The van der Waals surface area contributed by atoms with Crippen LogP contribution in [0.5, 0.6) is 0 Å². The molecule has 0 bridgehead atoms. The third-order valence-electron chi connectivity index (χ3n) is 4.14. The molecule has 0 unspecified atom stereocenters. The van der Waals surface area contributed by atoms with Crippen LogP contribution in [-0.2, 0) is 0 Å². The number of nitrogens with two attached hydrogens (primary N) is 1. The van der Waals surface area contributed by atoms with E-state index in [-0.39, 0.29) is 5.54 Å². The highest BCUT2D eigenvalue weighted by atomic mass is 14.9. The second-order valence-electron chi connectivity index (χ2n) is 6.79. The van der Waals surface area contributed by atoms with E-state index in [4.69, 9.17) is 5.73 Å². The average molecular weight is 240 g/mol. The average Bonchev–Trinajstić information content (AvgIpc) is 2.65. The number of nitrogens with one attached hydrogen (secondary N) is 1. The fourth-order valence-corrected chi connectivity index (χ4v) is 2.85. The standard InChI is InChI=1S/C15H32N2/c1-4-5-6-9-14(2,3)12-17-13-15(16)10-7-8-11-15/h17H,4-13,16H2,1-3H3. The summed E-state index contributed by atoms with van der Waals surface area (Å²) < 4.78 is 0. The summed E-state index contributed by atoms with van der Waals surface area (Å²) in [7, 11) is 0. The van der Waals surface area contributed by atoms with Gasteiger partial charge < -0.3 is 11.1 Å². The quantitative estimate of drug-likeness (QED) is 0.638. The first-order chi connectivity index (χ1) is 7.97. The van der Waals surface area contributed by atoms with Gasteiger partial charge in [0, 0.05) is 18.6 Å². The van der Waals surface area contributed by atoms with Gasteiger partial charge in [0.1, 0.15) is 0 Å². The van der Waals surface area contributed by atoms with Crippen LogP contribution in [0.3, 0.4) is 0 Å². The Hall–Kier alpha value is -0.0800. The maximum Gasteiger partial charge on any atom is 0.0280 e. The minimum absolute atomic E-state index is 0.0967. The molecule has 1 aliphatic rings. The van der Waals surface area contributed by atoms with Crippen LogP contribution in [0.4, 0.5) is 0 Å². The van der Waals surface area contributed by atoms with Crippen molar-refractivity contribution in [3.63, 3.8) is 0 Å². The highest BCUT2D eigenvalue weighted by molar-refractivity contribution is 4.91. The van der Waals surface area contributed by atoms with E-state index in [2.05, 4.69) is 26.1 Å². The van der Waals surface area contributed by atoms with Gasteiger partial charge >= 0.3 is 0 Å². The first-order valence-electron chi connectivity index (χ1n) is 7.47. The van der Waals surface area contributed by atoms with Crippen molar-refractivity contribution in [3.8, 4) is 0 Å². The summed E-state index contributed by atoms with van der Waals surface area (Å²) in [6, 6.07) is 0. The summed E-state index contributed by atoms with van der Waals surface area (Å²) in [6.07, 6.45) is 10.4. The van der Waals surface area contributed by atoms with Gasteiger partial charge in [-0.25, -0.2) is 0 Å². The lowest BCUT2D eigenvalue weighted by atomic mass is 9.86. The van der Waals surface area contributed by atoms with E-state index in [0.29, 0.717) is 5.41 Å². The Bertz CT molecular complexity index is 205. The molecule has 0 heterocycles. The molecule has 2 nitrogen and oxygen atoms in total. The maximum absolute atomic E-state index is 6.35. The molecule has 1 aliphatic carbocycles. The summed E-state index contributed by atoms with van der Waals surface area (Å²) in [6.45, 7) is 9.12. The Balaban J connectivity index is 2.15. The summed E-state index contributed by atoms with van der Waals surface area (Å²) in [5.74, 6) is 0. The third kappa shape index (κ3) is 5.87. The first-order valence-corrected chi connectivity index (χ1v) is 7.47. The largest absolute Gasteiger partial charge is 0.324 e. The second kappa shape index (κ2) is 6.75. The van der Waals surface area contributed by atoms with E-state index < -0.39 is 0 Å². The van der Waals surface area contributed by atoms with Crippen LogP contribution in [0.25, 0.3) is 0 Å². The molecule has 0 radical (unpaired) electrons. The van der Waals surface area contributed by atoms with E-state index in [1.54, 1.807) is 0 Å².